The Labute approximate surface area is 875 Å². The average molecular weight is 2120 g/mol. The van der Waals surface area contributed by atoms with Crippen molar-refractivity contribution in [1.29, 1.82) is 0 Å². The normalized spacial score (nSPS) is 29.8. The zero-order valence-electron chi connectivity index (χ0n) is 86.6. The number of hydrogen-bond donors (Lipinski definition) is 0. The summed E-state index contributed by atoms with van der Waals surface area (Å²) in [5.41, 5.74) is 2.02. The third kappa shape index (κ3) is 43.2. The number of para-hydroxylation sites is 2. The summed E-state index contributed by atoms with van der Waals surface area (Å²) >= 11 is 0. The predicted molar refractivity (Wildman–Crippen MR) is 589 cm³/mol. The summed E-state index contributed by atoms with van der Waals surface area (Å²) < 4.78 is 131. The minimum Gasteiger partial charge on any atom is -0.491 e. The van der Waals surface area contributed by atoms with Gasteiger partial charge < -0.3 is 51.5 Å². The van der Waals surface area contributed by atoms with Crippen molar-refractivity contribution in [1.82, 2.24) is 0 Å². The van der Waals surface area contributed by atoms with Crippen LogP contribution in [0.25, 0.3) is 0 Å². The highest BCUT2D eigenvalue weighted by molar-refractivity contribution is 8.00. The minimum atomic E-state index is -4.42. The van der Waals surface area contributed by atoms with Crippen LogP contribution in [-0.2, 0) is 73.8 Å². The van der Waals surface area contributed by atoms with Crippen molar-refractivity contribution in [2.45, 2.75) is 340 Å². The van der Waals surface area contributed by atoms with E-state index in [0.717, 1.165) is 178 Å². The molecule has 10 aliphatic rings. The molecule has 0 bridgehead atoms. The lowest BCUT2D eigenvalue weighted by Crippen LogP contribution is -2.27. The Bertz CT molecular complexity index is 4690. The Balaban J connectivity index is 0.000000186. The zero-order chi connectivity index (χ0) is 104. The van der Waals surface area contributed by atoms with Crippen LogP contribution < -0.4 is 14.2 Å². The van der Waals surface area contributed by atoms with Crippen molar-refractivity contribution in [3.05, 3.63) is 236 Å². The van der Waals surface area contributed by atoms with E-state index >= 15 is 0 Å². The molecule has 5 fully saturated rings. The topological polar surface area (TPSA) is 187 Å². The summed E-state index contributed by atoms with van der Waals surface area (Å²) in [5, 5.41) is 0. The van der Waals surface area contributed by atoms with Gasteiger partial charge in [-0.2, -0.15) is 22.0 Å². The maximum absolute atomic E-state index is 14.3. The van der Waals surface area contributed by atoms with Crippen molar-refractivity contribution < 1.29 is 97.4 Å². The molecule has 4 aromatic rings. The number of esters is 5. The number of hydrogen-bond acceptors (Lipinski definition) is 16. The number of carbonyl (C=O) groups excluding carboxylic acids is 5. The van der Waals surface area contributed by atoms with E-state index in [1.54, 1.807) is 30.3 Å². The molecule has 6 unspecified atom stereocenters. The molecule has 0 saturated heterocycles. The number of fused-ring (bicyclic) bond motifs is 5. The summed E-state index contributed by atoms with van der Waals surface area (Å²) in [4.78, 5) is 60.5. The Morgan fingerprint density at radius 3 is 1.26 bits per heavy atom. The van der Waals surface area contributed by atoms with Crippen molar-refractivity contribution in [3.63, 3.8) is 0 Å². The molecule has 0 spiro atoms. The Morgan fingerprint density at radius 1 is 0.421 bits per heavy atom. The van der Waals surface area contributed by atoms with Gasteiger partial charge in [0.05, 0.1) is 17.8 Å². The molecule has 0 amide bonds. The Morgan fingerprint density at radius 2 is 0.807 bits per heavy atom. The highest BCUT2D eigenvalue weighted by atomic mass is 32.0. The van der Waals surface area contributed by atoms with Crippen molar-refractivity contribution in [2.24, 2.45) is 88.8 Å². The molecule has 16 nitrogen and oxygen atoms in total. The van der Waals surface area contributed by atoms with Crippen LogP contribution in [0.15, 0.2) is 225 Å². The highest BCUT2D eigenvalue weighted by Crippen LogP contribution is 2.50. The van der Waals surface area contributed by atoms with Crippen molar-refractivity contribution in [2.75, 3.05) is 19.8 Å². The number of allylic oxidation sites excluding steroid dienone is 14. The van der Waals surface area contributed by atoms with Gasteiger partial charge in [0.25, 0.3) is 5.92 Å². The molecule has 800 valence electrons. The number of aryl methyl sites for hydroxylation is 1. The number of carbonyl (C=O) groups is 5. The van der Waals surface area contributed by atoms with Crippen LogP contribution in [0.5, 0.6) is 17.2 Å². The summed E-state index contributed by atoms with van der Waals surface area (Å²) in [7, 11) is 8.76. The average Bonchev–Trinajstić information content (AvgIpc) is 1.68. The van der Waals surface area contributed by atoms with E-state index in [4.69, 9.17) is 51.5 Å². The van der Waals surface area contributed by atoms with E-state index in [1.165, 1.54) is 68.2 Å². The van der Waals surface area contributed by atoms with Gasteiger partial charge in [0, 0.05) is 87.2 Å². The lowest BCUT2D eigenvalue weighted by atomic mass is 9.82. The van der Waals surface area contributed by atoms with Gasteiger partial charge in [-0.1, -0.05) is 270 Å². The number of rotatable bonds is 36. The lowest BCUT2D eigenvalue weighted by molar-refractivity contribution is -0.152. The van der Waals surface area contributed by atoms with E-state index < -0.39 is 30.4 Å². The number of ether oxygens (including phenoxy) is 8. The molecule has 27 heteroatoms. The summed E-state index contributed by atoms with van der Waals surface area (Å²) in [5.74, 6) is 3.58. The quantitative estimate of drug-likeness (QED) is 0.0104. The maximum Gasteiger partial charge on any atom is 0.416 e. The van der Waals surface area contributed by atoms with Crippen LogP contribution in [0, 0.1) is 88.8 Å². The van der Waals surface area contributed by atoms with E-state index in [1.807, 2.05) is 49.4 Å². The van der Waals surface area contributed by atoms with Crippen LogP contribution >= 0.6 is 52.3 Å². The molecule has 29 atom stereocenters. The number of unbranched alkanes of at least 4 members (excludes halogenated alkanes) is 4. The standard InChI is InChI=1S/C24H31F3O4P2.C24H34O3P2.C24H40O2.C23H28F2O3.C23H34O4P2/c1-16-13-22-21(9-4-2-3-5-10-23(28)30-22)20(16)12-11-19(31-33-32)15-29-18-8-6-7-17(14-18)24(25,26)27;1-18-17-23-22(11-7-2-3-8-12-24(25)26-23)21(18)16-15-20(27-29-28)14-13-19-9-5-4-6-10-19;1-4-5-6-7-10-13-19(2)16-17-21-20(3)18-23-22(21)14-11-8-9-12-15-24(25)26-23;1-17-15-21-20(11-7-2-3-8-12-22(26)28-21)19(17)13-14-23(24,25)16-27-18-9-5-4-6-10-18;1-17-15-22-21(11-7-2-3-8-12-23(24)26-22)20(17)14-13-19(27-29-28)16-25-18-9-5-4-6-10-18/h2,4,6-8,11-12,14,16,19-22,33H,3,5,9-10,13,15,32H2,1H3;2,4-7,9-10,15-16,18,20-23,29H,3,8,11-14,17,28H2,1H3;8,11,20-23H,2,4-7,9-10,12-18H2,1,3H3;2,4-7,9-10,13-14,17,19-21H,3,8,11-12,15-16H2,1H3;2,4-7,9-10,17,19-22,29H,3,8,11-16,28H2,1H3/b4-2-,12-11+;7-2-,16-15+;11-8-;7-2-,14-13+;7-2-/t16-,19-,20+,21-,22+;18-,20+,21+,22-,23+;20-,21+,22-,23+;17-,19+,20-,21+;17-,19-,20+,21-,22+/m11111/s1. The fourth-order valence-corrected chi connectivity index (χ4v) is 25.4. The fourth-order valence-electron chi connectivity index (χ4n) is 22.7. The molecule has 0 aromatic heterocycles. The summed E-state index contributed by atoms with van der Waals surface area (Å²) in [6.07, 6.45) is 63.6. The van der Waals surface area contributed by atoms with E-state index in [0.29, 0.717) is 127 Å². The molecule has 145 heavy (non-hydrogen) atoms. The van der Waals surface area contributed by atoms with Gasteiger partial charge in [-0.3, -0.25) is 24.0 Å². The molecule has 0 N–H and O–H groups in total. The molecule has 5 heterocycles. The van der Waals surface area contributed by atoms with Crippen molar-refractivity contribution in [3.8, 4) is 17.2 Å². The van der Waals surface area contributed by atoms with Gasteiger partial charge in [-0.05, 0) is 293 Å². The van der Waals surface area contributed by atoms with Gasteiger partial charge in [-0.15, -0.1) is 0 Å². The highest BCUT2D eigenvalue weighted by Gasteiger charge is 2.48. The van der Waals surface area contributed by atoms with E-state index in [-0.39, 0.29) is 123 Å². The first-order valence-corrected chi connectivity index (χ1v) is 62.2. The van der Waals surface area contributed by atoms with Crippen LogP contribution in [0.3, 0.4) is 0 Å². The van der Waals surface area contributed by atoms with Gasteiger partial charge >= 0.3 is 36.0 Å². The van der Waals surface area contributed by atoms with E-state index in [9.17, 15) is 45.9 Å². The van der Waals surface area contributed by atoms with Crippen LogP contribution in [0.2, 0.25) is 0 Å². The SMILES string of the molecule is C=C(CCCCCCC)CC[C@@H]1[C@H]2C/C=C\CCCC(=O)O[C@H]2C[C@H]1C.C[C@@H]1C[C@@H]2OC(=O)CCC/C=C\C[C@@H]2[C@H]1/C=C/C(F)(F)COc1ccccc1.C[C@@H]1C[C@@H]2OC(=O)CCC/C=C\C[C@@H]2[C@H]1/C=C/[C@H](CCc1ccccc1)OPP.C[C@@H]1C[C@@H]2OC(=O)CCC/C=C\C[C@@H]2[C@H]1/C=C/[C@H](COc1cccc(C(F)(F)F)c1)OPP.C[C@@H]1C[C@@H]2OC(=O)CCC/C=C\C[C@@H]2[C@H]1CC[C@H](COc1ccccc1)OPP. The Hall–Kier alpha value is -6.60. The summed E-state index contributed by atoms with van der Waals surface area (Å²) in [6.45, 7) is 17.7. The van der Waals surface area contributed by atoms with Gasteiger partial charge in [0.15, 0.2) is 6.61 Å². The maximum atomic E-state index is 14.3. The van der Waals surface area contributed by atoms with Gasteiger partial charge in [0.2, 0.25) is 0 Å². The molecule has 14 rings (SSSR count). The molecular formula is C118H167F5O16P6. The van der Waals surface area contributed by atoms with E-state index in [2.05, 4.69) is 177 Å². The lowest BCUT2D eigenvalue weighted by Gasteiger charge is -2.27. The second-order valence-corrected chi connectivity index (χ2v) is 45.0. The summed E-state index contributed by atoms with van der Waals surface area (Å²) in [6, 6.07) is 34.0. The van der Waals surface area contributed by atoms with Crippen molar-refractivity contribution >= 4 is 82.1 Å². The first-order chi connectivity index (χ1) is 70.2. The first kappa shape index (κ1) is 120. The fraction of sp³-hybridized carbons (Fsp3) is 0.602. The largest absolute Gasteiger partial charge is 0.491 e. The molecule has 5 saturated carbocycles. The minimum absolute atomic E-state index is 0.0136. The third-order valence-electron chi connectivity index (χ3n) is 30.6. The number of halogens is 5. The van der Waals surface area contributed by atoms with Crippen LogP contribution in [-0.4, -0.2) is 104 Å². The smallest absolute Gasteiger partial charge is 0.416 e. The monoisotopic (exact) mass is 2120 g/mol. The Kier molecular flexibility index (Phi) is 55.0. The number of alkyl halides is 5. The molecule has 5 aliphatic carbocycles. The van der Waals surface area contributed by atoms with Crippen LogP contribution in [0.4, 0.5) is 22.0 Å². The first-order valence-electron chi connectivity index (χ1n) is 54.0. The molecule has 5 aliphatic heterocycles. The molecule has 0 radical (unpaired) electrons. The third-order valence-corrected chi connectivity index (χ3v) is 33.2. The zero-order valence-corrected chi connectivity index (χ0v) is 93.1. The van der Waals surface area contributed by atoms with Gasteiger partial charge in [-0.25, -0.2) is 0 Å². The van der Waals surface area contributed by atoms with Gasteiger partial charge in [0.1, 0.15) is 67.1 Å². The molecular weight excluding hydrogens is 1950 g/mol. The second-order valence-electron chi connectivity index (χ2n) is 41.5. The number of benzene rings is 4. The second kappa shape index (κ2) is 66.3. The predicted octanol–water partition coefficient (Wildman–Crippen LogP) is 31.5. The van der Waals surface area contributed by atoms with Crippen LogP contribution in [0.1, 0.15) is 284 Å². The molecule has 4 aromatic carbocycles.